The van der Waals surface area contributed by atoms with E-state index in [1.165, 1.54) is 54.0 Å². The van der Waals surface area contributed by atoms with E-state index in [1.807, 2.05) is 23.9 Å². The molecule has 0 radical (unpaired) electrons. The predicted molar refractivity (Wildman–Crippen MR) is 221 cm³/mol. The summed E-state index contributed by atoms with van der Waals surface area (Å²) in [4.78, 5) is 2.56. The fourth-order valence-corrected chi connectivity index (χ4v) is 11.0. The van der Waals surface area contributed by atoms with Gasteiger partial charge >= 0.3 is 0 Å². The zero-order valence-corrected chi connectivity index (χ0v) is 29.6. The van der Waals surface area contributed by atoms with Crippen LogP contribution in [0.5, 0.6) is 11.5 Å². The highest BCUT2D eigenvalue weighted by Crippen LogP contribution is 2.49. The van der Waals surface area contributed by atoms with E-state index in [-0.39, 0.29) is 12.6 Å². The largest absolute Gasteiger partial charge is 0.458 e. The Morgan fingerprint density at radius 2 is 1.04 bits per heavy atom. The Morgan fingerprint density at radius 3 is 1.74 bits per heavy atom. The van der Waals surface area contributed by atoms with Gasteiger partial charge in [0.25, 0.3) is 6.71 Å². The molecule has 250 valence electrons. The van der Waals surface area contributed by atoms with Crippen LogP contribution in [0.15, 0.2) is 176 Å². The average Bonchev–Trinajstić information content (AvgIpc) is 3.80. The third kappa shape index (κ3) is 3.84. The summed E-state index contributed by atoms with van der Waals surface area (Å²) in [6.45, 7) is 0.0698. The van der Waals surface area contributed by atoms with E-state index in [1.54, 1.807) is 0 Å². The molecular weight excluding hydrogens is 679 g/mol. The number of fused-ring (bicyclic) bond motifs is 6. The summed E-state index contributed by atoms with van der Waals surface area (Å²) < 4.78 is 19.8. The van der Waals surface area contributed by atoms with Crippen molar-refractivity contribution in [2.45, 2.75) is 15.7 Å². The first-order valence-corrected chi connectivity index (χ1v) is 19.3. The highest BCUT2D eigenvalue weighted by atomic mass is 32.2. The minimum absolute atomic E-state index is 0.0125. The molecule has 10 aromatic rings. The number of hydrogen-bond acceptors (Lipinski definition) is 4. The highest BCUT2D eigenvalue weighted by molar-refractivity contribution is 8.00. The summed E-state index contributed by atoms with van der Waals surface area (Å²) in [6.07, 6.45) is 0. The van der Waals surface area contributed by atoms with E-state index in [4.69, 9.17) is 13.6 Å². The third-order valence-corrected chi connectivity index (χ3v) is 13.0. The van der Waals surface area contributed by atoms with Crippen molar-refractivity contribution in [2.24, 2.45) is 0 Å². The van der Waals surface area contributed by atoms with Crippen molar-refractivity contribution in [2.75, 3.05) is 0 Å². The maximum atomic E-state index is 7.00. The second kappa shape index (κ2) is 10.6. The minimum Gasteiger partial charge on any atom is -0.458 e. The molecule has 0 N–H and O–H groups in total. The lowest BCUT2D eigenvalue weighted by Crippen LogP contribution is -2.62. The molecular formula is C49H27BO3S. The summed E-state index contributed by atoms with van der Waals surface area (Å²) in [5.41, 5.74) is 16.1. The van der Waals surface area contributed by atoms with Gasteiger partial charge in [0.1, 0.15) is 33.8 Å². The van der Waals surface area contributed by atoms with Crippen molar-refractivity contribution in [3.63, 3.8) is 0 Å². The summed E-state index contributed by atoms with van der Waals surface area (Å²) in [7, 11) is 0. The fraction of sp³-hybridized carbons (Fsp3) is 0.0204. The number of hydrogen-bond donors (Lipinski definition) is 0. The average molecular weight is 707 g/mol. The molecule has 1 unspecified atom stereocenters. The quantitative estimate of drug-likeness (QED) is 0.171. The van der Waals surface area contributed by atoms with E-state index >= 15 is 0 Å². The molecule has 0 amide bonds. The highest BCUT2D eigenvalue weighted by Gasteiger charge is 2.47. The number of para-hydroxylation sites is 2. The molecule has 0 spiro atoms. The van der Waals surface area contributed by atoms with Crippen molar-refractivity contribution < 1.29 is 13.6 Å². The standard InChI is InChI=1S/C49H27BO3S/c1-2-11-27(12-3-1)44-34-23-28(30-15-8-19-38-45(30)32-13-4-6-17-36(32)51-38)25-41-47(34)50-48-35(44)24-29(26-43(48)54-42-22-10-21-40(53-41)49(42)50)31-16-9-20-39-46(31)33-14-5-7-18-37(33)52-39/h1-26,44H. The van der Waals surface area contributed by atoms with Crippen LogP contribution in [0.3, 0.4) is 0 Å². The Kier molecular flexibility index (Phi) is 5.70. The van der Waals surface area contributed by atoms with Crippen LogP contribution in [0.4, 0.5) is 0 Å². The van der Waals surface area contributed by atoms with Crippen LogP contribution in [0.2, 0.25) is 0 Å². The number of furan rings is 2. The van der Waals surface area contributed by atoms with Crippen LogP contribution in [0.1, 0.15) is 22.6 Å². The van der Waals surface area contributed by atoms with Crippen LogP contribution in [0.25, 0.3) is 66.1 Å². The normalized spacial score (nSPS) is 14.9. The second-order valence-electron chi connectivity index (χ2n) is 14.7. The number of benzene rings is 8. The van der Waals surface area contributed by atoms with Crippen LogP contribution in [-0.4, -0.2) is 6.71 Å². The van der Waals surface area contributed by atoms with Gasteiger partial charge in [0.2, 0.25) is 0 Å². The molecule has 3 aliphatic rings. The third-order valence-electron chi connectivity index (χ3n) is 11.9. The Morgan fingerprint density at radius 1 is 0.444 bits per heavy atom. The Labute approximate surface area is 314 Å². The molecule has 1 atom stereocenters. The van der Waals surface area contributed by atoms with Crippen molar-refractivity contribution >= 4 is 78.7 Å². The van der Waals surface area contributed by atoms with Crippen LogP contribution >= 0.6 is 11.8 Å². The first kappa shape index (κ1) is 29.1. The second-order valence-corrected chi connectivity index (χ2v) is 15.7. The summed E-state index contributed by atoms with van der Waals surface area (Å²) in [6, 6.07) is 56.8. The Balaban J connectivity index is 1.14. The minimum atomic E-state index is -0.0125. The molecule has 3 aliphatic heterocycles. The van der Waals surface area contributed by atoms with Crippen molar-refractivity contribution in [1.82, 2.24) is 0 Å². The van der Waals surface area contributed by atoms with Gasteiger partial charge in [-0.25, -0.2) is 0 Å². The van der Waals surface area contributed by atoms with Gasteiger partial charge in [0.05, 0.1) is 0 Å². The molecule has 0 saturated heterocycles. The summed E-state index contributed by atoms with van der Waals surface area (Å²) in [5.74, 6) is 1.87. The summed E-state index contributed by atoms with van der Waals surface area (Å²) >= 11 is 1.87. The van der Waals surface area contributed by atoms with E-state index < -0.39 is 0 Å². The summed E-state index contributed by atoms with van der Waals surface area (Å²) in [5, 5.41) is 4.55. The lowest BCUT2D eigenvalue weighted by molar-refractivity contribution is 0.485. The lowest BCUT2D eigenvalue weighted by atomic mass is 9.31. The van der Waals surface area contributed by atoms with E-state index in [2.05, 4.69) is 146 Å². The van der Waals surface area contributed by atoms with E-state index in [9.17, 15) is 0 Å². The van der Waals surface area contributed by atoms with Gasteiger partial charge in [-0.1, -0.05) is 126 Å². The molecule has 2 aromatic heterocycles. The van der Waals surface area contributed by atoms with Gasteiger partial charge < -0.3 is 13.6 Å². The van der Waals surface area contributed by atoms with Crippen LogP contribution in [-0.2, 0) is 0 Å². The monoisotopic (exact) mass is 706 g/mol. The Bertz CT molecular complexity index is 3050. The molecule has 3 nitrogen and oxygen atoms in total. The first-order valence-electron chi connectivity index (χ1n) is 18.5. The smallest absolute Gasteiger partial charge is 0.254 e. The van der Waals surface area contributed by atoms with Gasteiger partial charge in [-0.3, -0.25) is 0 Å². The van der Waals surface area contributed by atoms with Gasteiger partial charge in [0.15, 0.2) is 0 Å². The molecule has 5 heterocycles. The zero-order valence-electron chi connectivity index (χ0n) is 28.8. The molecule has 0 aliphatic carbocycles. The maximum Gasteiger partial charge on any atom is 0.254 e. The topological polar surface area (TPSA) is 35.5 Å². The molecule has 54 heavy (non-hydrogen) atoms. The maximum absolute atomic E-state index is 7.00. The zero-order chi connectivity index (χ0) is 35.1. The number of rotatable bonds is 3. The molecule has 13 rings (SSSR count). The molecule has 0 bridgehead atoms. The predicted octanol–water partition coefficient (Wildman–Crippen LogP) is 11.4. The molecule has 8 aromatic carbocycles. The lowest BCUT2D eigenvalue weighted by Gasteiger charge is -2.42. The molecule has 0 saturated carbocycles. The van der Waals surface area contributed by atoms with Gasteiger partial charge in [-0.05, 0) is 98.4 Å². The van der Waals surface area contributed by atoms with Crippen molar-refractivity contribution in [3.05, 3.63) is 174 Å². The molecule has 5 heteroatoms. The van der Waals surface area contributed by atoms with Crippen LogP contribution < -0.4 is 21.1 Å². The molecule has 0 fully saturated rings. The Hall–Kier alpha value is -6.43. The van der Waals surface area contributed by atoms with E-state index in [0.717, 1.165) is 66.5 Å². The van der Waals surface area contributed by atoms with Crippen LogP contribution in [0, 0.1) is 0 Å². The van der Waals surface area contributed by atoms with Gasteiger partial charge in [-0.2, -0.15) is 0 Å². The van der Waals surface area contributed by atoms with Crippen molar-refractivity contribution in [1.29, 1.82) is 0 Å². The SMILES string of the molecule is c1ccc(C2c3cc(-c4cccc5oc6ccccc6c45)cc4c3B3c5c(cccc5Sc5cc(-c6cccc7oc8ccccc8c67)cc2c53)O4)cc1. The van der Waals surface area contributed by atoms with Gasteiger partial charge in [-0.15, -0.1) is 0 Å². The fourth-order valence-electron chi connectivity index (χ4n) is 9.73. The van der Waals surface area contributed by atoms with Gasteiger partial charge in [0, 0.05) is 37.3 Å². The first-order chi connectivity index (χ1) is 26.8. The van der Waals surface area contributed by atoms with E-state index in [0.29, 0.717) is 0 Å². The number of ether oxygens (including phenoxy) is 1. The van der Waals surface area contributed by atoms with Crippen molar-refractivity contribution in [3.8, 4) is 33.8 Å².